The van der Waals surface area contributed by atoms with Crippen molar-refractivity contribution in [3.05, 3.63) is 0 Å². The topological polar surface area (TPSA) is 37.3 Å². The third-order valence-electron chi connectivity index (χ3n) is 3.23. The van der Waals surface area contributed by atoms with Crippen LogP contribution in [0.4, 0.5) is 0 Å². The molecule has 1 aliphatic rings. The van der Waals surface area contributed by atoms with Gasteiger partial charge in [-0.15, -0.1) is 0 Å². The molecule has 2 atom stereocenters. The van der Waals surface area contributed by atoms with Gasteiger partial charge in [0.05, 0.1) is 5.92 Å². The molecule has 0 aromatic carbocycles. The summed E-state index contributed by atoms with van der Waals surface area (Å²) in [6, 6.07) is 0. The van der Waals surface area contributed by atoms with Crippen molar-refractivity contribution in [2.75, 3.05) is 5.75 Å². The van der Waals surface area contributed by atoms with Crippen LogP contribution in [0.2, 0.25) is 0 Å². The largest absolute Gasteiger partial charge is 0.481 e. The summed E-state index contributed by atoms with van der Waals surface area (Å²) < 4.78 is 0.132. The first kappa shape index (κ1) is 11.9. The molecule has 1 N–H and O–H groups in total. The molecule has 1 saturated heterocycles. The highest BCUT2D eigenvalue weighted by Crippen LogP contribution is 2.47. The van der Waals surface area contributed by atoms with E-state index in [9.17, 15) is 9.90 Å². The maximum Gasteiger partial charge on any atom is 0.307 e. The summed E-state index contributed by atoms with van der Waals surface area (Å²) in [4.78, 5) is 11.2. The Hall–Kier alpha value is -0.180. The lowest BCUT2D eigenvalue weighted by Crippen LogP contribution is -2.36. The molecule has 1 aliphatic heterocycles. The molecule has 0 amide bonds. The highest BCUT2D eigenvalue weighted by atomic mass is 32.2. The van der Waals surface area contributed by atoms with Crippen molar-refractivity contribution in [1.82, 2.24) is 0 Å². The predicted octanol–water partition coefficient (Wildman–Crippen LogP) is 2.87. The van der Waals surface area contributed by atoms with E-state index in [1.165, 1.54) is 0 Å². The Kier molecular flexibility index (Phi) is 3.51. The minimum atomic E-state index is -0.624. The van der Waals surface area contributed by atoms with E-state index >= 15 is 0 Å². The van der Waals surface area contributed by atoms with Crippen LogP contribution in [0.3, 0.4) is 0 Å². The minimum Gasteiger partial charge on any atom is -0.481 e. The van der Waals surface area contributed by atoms with Gasteiger partial charge in [0.2, 0.25) is 0 Å². The Labute approximate surface area is 90.5 Å². The maximum atomic E-state index is 11.2. The highest BCUT2D eigenvalue weighted by Gasteiger charge is 2.44. The minimum absolute atomic E-state index is 0.132. The molecule has 1 heterocycles. The number of thioether (sulfide) groups is 1. The molecule has 1 fully saturated rings. The standard InChI is InChI=1S/C11H20O2S/c1-7(2)9(10(12)13)8-5-6-14-11(8,3)4/h7-9H,5-6H2,1-4H3,(H,12,13). The summed E-state index contributed by atoms with van der Waals surface area (Å²) in [6.45, 7) is 8.37. The van der Waals surface area contributed by atoms with E-state index in [0.29, 0.717) is 5.92 Å². The fourth-order valence-electron chi connectivity index (χ4n) is 2.44. The van der Waals surface area contributed by atoms with Gasteiger partial charge < -0.3 is 5.11 Å². The van der Waals surface area contributed by atoms with Crippen molar-refractivity contribution in [3.8, 4) is 0 Å². The van der Waals surface area contributed by atoms with Crippen LogP contribution < -0.4 is 0 Å². The number of hydrogen-bond acceptors (Lipinski definition) is 2. The lowest BCUT2D eigenvalue weighted by atomic mass is 9.75. The van der Waals surface area contributed by atoms with E-state index in [2.05, 4.69) is 13.8 Å². The Bertz CT molecular complexity index is 223. The van der Waals surface area contributed by atoms with Crippen molar-refractivity contribution < 1.29 is 9.90 Å². The molecule has 0 saturated carbocycles. The molecule has 82 valence electrons. The van der Waals surface area contributed by atoms with E-state index in [4.69, 9.17) is 0 Å². The van der Waals surface area contributed by atoms with Crippen LogP contribution in [0.25, 0.3) is 0 Å². The quantitative estimate of drug-likeness (QED) is 0.788. The van der Waals surface area contributed by atoms with Crippen LogP contribution in [0.1, 0.15) is 34.1 Å². The van der Waals surface area contributed by atoms with Crippen LogP contribution in [-0.4, -0.2) is 21.6 Å². The molecule has 0 aromatic rings. The third kappa shape index (κ3) is 2.25. The lowest BCUT2D eigenvalue weighted by molar-refractivity contribution is -0.146. The van der Waals surface area contributed by atoms with Crippen LogP contribution in [0.5, 0.6) is 0 Å². The van der Waals surface area contributed by atoms with Crippen molar-refractivity contribution in [1.29, 1.82) is 0 Å². The molecular formula is C11H20O2S. The monoisotopic (exact) mass is 216 g/mol. The van der Waals surface area contributed by atoms with Gasteiger partial charge in [0.15, 0.2) is 0 Å². The summed E-state index contributed by atoms with van der Waals surface area (Å²) >= 11 is 1.91. The third-order valence-corrected chi connectivity index (χ3v) is 4.72. The molecule has 0 aromatic heterocycles. The number of aliphatic carboxylic acids is 1. The van der Waals surface area contributed by atoms with Crippen molar-refractivity contribution in [2.45, 2.75) is 38.9 Å². The number of hydrogen-bond donors (Lipinski definition) is 1. The molecule has 1 rings (SSSR count). The van der Waals surface area contributed by atoms with Crippen LogP contribution >= 0.6 is 11.8 Å². The van der Waals surface area contributed by atoms with Crippen molar-refractivity contribution >= 4 is 17.7 Å². The molecule has 3 heteroatoms. The summed E-state index contributed by atoms with van der Waals surface area (Å²) in [7, 11) is 0. The second-order valence-electron chi connectivity index (χ2n) is 4.96. The average Bonchev–Trinajstić information content (AvgIpc) is 2.29. The Morgan fingerprint density at radius 1 is 1.50 bits per heavy atom. The van der Waals surface area contributed by atoms with E-state index in [1.807, 2.05) is 25.6 Å². The zero-order valence-electron chi connectivity index (χ0n) is 9.41. The van der Waals surface area contributed by atoms with Gasteiger partial charge in [-0.1, -0.05) is 27.7 Å². The van der Waals surface area contributed by atoms with Gasteiger partial charge in [-0.05, 0) is 24.0 Å². The second kappa shape index (κ2) is 4.13. The van der Waals surface area contributed by atoms with Gasteiger partial charge in [-0.3, -0.25) is 4.79 Å². The molecule has 0 spiro atoms. The predicted molar refractivity (Wildman–Crippen MR) is 60.6 cm³/mol. The molecule has 2 nitrogen and oxygen atoms in total. The molecular weight excluding hydrogens is 196 g/mol. The maximum absolute atomic E-state index is 11.2. The Balaban J connectivity index is 2.83. The Morgan fingerprint density at radius 2 is 2.07 bits per heavy atom. The summed E-state index contributed by atoms with van der Waals surface area (Å²) in [6.07, 6.45) is 1.05. The molecule has 0 aliphatic carbocycles. The average molecular weight is 216 g/mol. The van der Waals surface area contributed by atoms with E-state index in [1.54, 1.807) is 0 Å². The SMILES string of the molecule is CC(C)C(C(=O)O)C1CCSC1(C)C. The summed E-state index contributed by atoms with van der Waals surface area (Å²) in [5.41, 5.74) is 0. The smallest absolute Gasteiger partial charge is 0.307 e. The normalized spacial score (nSPS) is 27.9. The molecule has 0 radical (unpaired) electrons. The fourth-order valence-corrected chi connectivity index (χ4v) is 3.81. The van der Waals surface area contributed by atoms with Crippen LogP contribution in [0.15, 0.2) is 0 Å². The zero-order valence-corrected chi connectivity index (χ0v) is 10.2. The van der Waals surface area contributed by atoms with Gasteiger partial charge in [-0.2, -0.15) is 11.8 Å². The first-order valence-corrected chi connectivity index (χ1v) is 6.21. The van der Waals surface area contributed by atoms with E-state index in [0.717, 1.165) is 12.2 Å². The van der Waals surface area contributed by atoms with E-state index in [-0.39, 0.29) is 16.6 Å². The lowest BCUT2D eigenvalue weighted by Gasteiger charge is -2.33. The van der Waals surface area contributed by atoms with Gasteiger partial charge in [-0.25, -0.2) is 0 Å². The first-order valence-electron chi connectivity index (χ1n) is 5.23. The number of carbonyl (C=O) groups is 1. The molecule has 14 heavy (non-hydrogen) atoms. The van der Waals surface area contributed by atoms with Gasteiger partial charge in [0.25, 0.3) is 0 Å². The Morgan fingerprint density at radius 3 is 2.36 bits per heavy atom. The zero-order chi connectivity index (χ0) is 10.9. The van der Waals surface area contributed by atoms with Crippen molar-refractivity contribution in [3.63, 3.8) is 0 Å². The van der Waals surface area contributed by atoms with Crippen molar-refractivity contribution in [2.24, 2.45) is 17.8 Å². The van der Waals surface area contributed by atoms with E-state index < -0.39 is 5.97 Å². The first-order chi connectivity index (χ1) is 6.36. The summed E-state index contributed by atoms with van der Waals surface area (Å²) in [5.74, 6) is 0.856. The van der Waals surface area contributed by atoms with Crippen LogP contribution in [-0.2, 0) is 4.79 Å². The van der Waals surface area contributed by atoms with Gasteiger partial charge in [0.1, 0.15) is 0 Å². The second-order valence-corrected chi connectivity index (χ2v) is 6.70. The van der Waals surface area contributed by atoms with Gasteiger partial charge in [0, 0.05) is 4.75 Å². The van der Waals surface area contributed by atoms with Crippen LogP contribution in [0, 0.1) is 17.8 Å². The number of rotatable bonds is 3. The number of carboxylic acids is 1. The highest BCUT2D eigenvalue weighted by molar-refractivity contribution is 8.00. The molecule has 0 bridgehead atoms. The number of carboxylic acid groups (broad SMARTS) is 1. The van der Waals surface area contributed by atoms with Gasteiger partial charge >= 0.3 is 5.97 Å². The fraction of sp³-hybridized carbons (Fsp3) is 0.909. The molecule has 2 unspecified atom stereocenters. The summed E-state index contributed by atoms with van der Waals surface area (Å²) in [5, 5.41) is 9.23.